The highest BCUT2D eigenvalue weighted by molar-refractivity contribution is 6.36. The molecule has 0 saturated carbocycles. The zero-order chi connectivity index (χ0) is 31.6. The number of fused-ring (bicyclic) bond motifs is 1. The summed E-state index contributed by atoms with van der Waals surface area (Å²) < 4.78 is 40.8. The van der Waals surface area contributed by atoms with Crippen LogP contribution in [0.2, 0.25) is 10.0 Å². The van der Waals surface area contributed by atoms with Crippen molar-refractivity contribution in [3.63, 3.8) is 0 Å². The molecule has 11 heteroatoms. The molecule has 1 aromatic heterocycles. The maximum absolute atomic E-state index is 13.5. The summed E-state index contributed by atoms with van der Waals surface area (Å²) in [6.07, 6.45) is -3.50. The fourth-order valence-corrected chi connectivity index (χ4v) is 6.63. The third kappa shape index (κ3) is 6.75. The summed E-state index contributed by atoms with van der Waals surface area (Å²) in [4.78, 5) is 32.0. The van der Waals surface area contributed by atoms with E-state index in [1.54, 1.807) is 4.57 Å². The molecule has 1 aliphatic heterocycles. The van der Waals surface area contributed by atoms with E-state index in [-0.39, 0.29) is 12.5 Å². The molecule has 0 N–H and O–H groups in total. The number of para-hydroxylation sites is 1. The first kappa shape index (κ1) is 31.9. The molecule has 4 aromatic rings. The number of hydrogen-bond acceptors (Lipinski definition) is 4. The van der Waals surface area contributed by atoms with Gasteiger partial charge < -0.3 is 9.40 Å². The second kappa shape index (κ2) is 13.2. The third-order valence-corrected chi connectivity index (χ3v) is 8.58. The maximum Gasteiger partial charge on any atom is 0.493 e. The minimum Gasteiger partial charge on any atom is -0.331 e. The quantitative estimate of drug-likeness (QED) is 0.190. The predicted octanol–water partition coefficient (Wildman–Crippen LogP) is 8.25. The molecule has 6 nitrogen and oxygen atoms in total. The van der Waals surface area contributed by atoms with Crippen molar-refractivity contribution in [2.45, 2.75) is 57.9 Å². The van der Waals surface area contributed by atoms with Crippen LogP contribution < -0.4 is 0 Å². The first-order valence-electron chi connectivity index (χ1n) is 14.4. The molecular formula is C33H32Cl2F3N3O3. The van der Waals surface area contributed by atoms with Crippen molar-refractivity contribution >= 4 is 46.0 Å². The van der Waals surface area contributed by atoms with Gasteiger partial charge >= 0.3 is 12.1 Å². The highest BCUT2D eigenvalue weighted by atomic mass is 35.5. The van der Waals surface area contributed by atoms with Gasteiger partial charge in [-0.2, -0.15) is 18.2 Å². The van der Waals surface area contributed by atoms with E-state index < -0.39 is 24.1 Å². The lowest BCUT2D eigenvalue weighted by atomic mass is 9.89. The van der Waals surface area contributed by atoms with Crippen LogP contribution in [0.3, 0.4) is 0 Å². The Morgan fingerprint density at radius 3 is 2.16 bits per heavy atom. The molecule has 3 aromatic carbocycles. The van der Waals surface area contributed by atoms with Gasteiger partial charge in [0.25, 0.3) is 5.91 Å². The van der Waals surface area contributed by atoms with Crippen molar-refractivity contribution in [3.05, 3.63) is 94.0 Å². The van der Waals surface area contributed by atoms with Crippen LogP contribution in [0.25, 0.3) is 22.2 Å². The van der Waals surface area contributed by atoms with Crippen LogP contribution in [0.5, 0.6) is 0 Å². The lowest BCUT2D eigenvalue weighted by molar-refractivity contribution is -0.242. The number of hydroxylamine groups is 2. The summed E-state index contributed by atoms with van der Waals surface area (Å²) in [6, 6.07) is 22.0. The monoisotopic (exact) mass is 645 g/mol. The van der Waals surface area contributed by atoms with Gasteiger partial charge in [0, 0.05) is 27.5 Å². The number of nitrogens with zero attached hydrogens (tertiary/aromatic N) is 3. The third-order valence-electron chi connectivity index (χ3n) is 7.92. The maximum atomic E-state index is 13.5. The van der Waals surface area contributed by atoms with Crippen LogP contribution in [-0.2, 0) is 27.5 Å². The molecule has 232 valence electrons. The van der Waals surface area contributed by atoms with Crippen molar-refractivity contribution in [2.24, 2.45) is 0 Å². The SMILES string of the molecule is CC(C)N(OC(=O)C(F)(F)F)C(=O)Cn1c(-c2ccccc2)c(CN2CCC(c3c(Cl)cccc3Cl)CC2)c2ccccc21. The van der Waals surface area contributed by atoms with Crippen molar-refractivity contribution < 1.29 is 27.6 Å². The number of halogens is 5. The smallest absolute Gasteiger partial charge is 0.331 e. The lowest BCUT2D eigenvalue weighted by Gasteiger charge is -2.33. The molecule has 1 fully saturated rings. The number of benzene rings is 3. The van der Waals surface area contributed by atoms with Crippen LogP contribution in [0.4, 0.5) is 13.2 Å². The van der Waals surface area contributed by atoms with Gasteiger partial charge in [0.15, 0.2) is 0 Å². The molecular weight excluding hydrogens is 614 g/mol. The number of likely N-dealkylation sites (tertiary alicyclic amines) is 1. The molecule has 1 aliphatic rings. The first-order chi connectivity index (χ1) is 21.0. The molecule has 0 radical (unpaired) electrons. The van der Waals surface area contributed by atoms with Crippen LogP contribution >= 0.6 is 23.2 Å². The molecule has 1 amide bonds. The molecule has 5 rings (SSSR count). The Morgan fingerprint density at radius 2 is 1.55 bits per heavy atom. The Balaban J connectivity index is 1.48. The van der Waals surface area contributed by atoms with E-state index in [4.69, 9.17) is 23.2 Å². The molecule has 2 heterocycles. The van der Waals surface area contributed by atoms with Crippen molar-refractivity contribution in [3.8, 4) is 11.3 Å². The van der Waals surface area contributed by atoms with Crippen LogP contribution in [-0.4, -0.2) is 51.7 Å². The highest BCUT2D eigenvalue weighted by Crippen LogP contribution is 2.40. The molecule has 0 unspecified atom stereocenters. The largest absolute Gasteiger partial charge is 0.493 e. The van der Waals surface area contributed by atoms with E-state index in [9.17, 15) is 22.8 Å². The summed E-state index contributed by atoms with van der Waals surface area (Å²) in [6.45, 7) is 4.82. The number of rotatable bonds is 7. The van der Waals surface area contributed by atoms with Gasteiger partial charge in [-0.1, -0.05) is 77.8 Å². The van der Waals surface area contributed by atoms with Gasteiger partial charge in [-0.15, -0.1) is 0 Å². The summed E-state index contributed by atoms with van der Waals surface area (Å²) in [5.41, 5.74) is 4.36. The van der Waals surface area contributed by atoms with Gasteiger partial charge in [0.1, 0.15) is 6.54 Å². The summed E-state index contributed by atoms with van der Waals surface area (Å²) in [5.74, 6) is -2.98. The summed E-state index contributed by atoms with van der Waals surface area (Å²) in [5, 5.41) is 2.78. The highest BCUT2D eigenvalue weighted by Gasteiger charge is 2.44. The molecule has 0 spiro atoms. The van der Waals surface area contributed by atoms with Crippen LogP contribution in [0.1, 0.15) is 43.7 Å². The average molecular weight is 647 g/mol. The number of aromatic nitrogens is 1. The summed E-state index contributed by atoms with van der Waals surface area (Å²) in [7, 11) is 0. The fraction of sp³-hybridized carbons (Fsp3) is 0.333. The van der Waals surface area contributed by atoms with E-state index in [1.165, 1.54) is 13.8 Å². The molecule has 0 aliphatic carbocycles. The van der Waals surface area contributed by atoms with E-state index in [2.05, 4.69) is 9.74 Å². The Hall–Kier alpha value is -3.53. The number of carbonyl (C=O) groups is 2. The Kier molecular flexibility index (Phi) is 9.58. The van der Waals surface area contributed by atoms with Crippen molar-refractivity contribution in [2.75, 3.05) is 13.1 Å². The van der Waals surface area contributed by atoms with Crippen LogP contribution in [0, 0.1) is 0 Å². The number of piperidine rings is 1. The lowest BCUT2D eigenvalue weighted by Crippen LogP contribution is -2.43. The molecule has 1 saturated heterocycles. The zero-order valence-electron chi connectivity index (χ0n) is 24.3. The molecule has 44 heavy (non-hydrogen) atoms. The van der Waals surface area contributed by atoms with E-state index in [1.807, 2.05) is 72.8 Å². The molecule has 0 atom stereocenters. The first-order valence-corrected chi connectivity index (χ1v) is 15.1. The standard InChI is InChI=1S/C33H32Cl2F3N3O3/c1-21(2)41(44-32(43)33(36,37)38)29(42)20-40-28-14-7-6-11-24(28)25(31(40)23-9-4-3-5-10-23)19-39-17-15-22(16-18-39)30-26(34)12-8-13-27(30)35/h3-14,21-22H,15-20H2,1-2H3. The topological polar surface area (TPSA) is 54.8 Å². The zero-order valence-corrected chi connectivity index (χ0v) is 25.8. The van der Waals surface area contributed by atoms with Gasteiger partial charge in [-0.05, 0) is 80.6 Å². The molecule has 0 bridgehead atoms. The Labute approximate surface area is 263 Å². The predicted molar refractivity (Wildman–Crippen MR) is 165 cm³/mol. The minimum atomic E-state index is -5.24. The van der Waals surface area contributed by atoms with Gasteiger partial charge in [-0.25, -0.2) is 4.79 Å². The fourth-order valence-electron chi connectivity index (χ4n) is 5.92. The van der Waals surface area contributed by atoms with Crippen molar-refractivity contribution in [1.29, 1.82) is 0 Å². The van der Waals surface area contributed by atoms with E-state index in [0.29, 0.717) is 21.7 Å². The van der Waals surface area contributed by atoms with Crippen molar-refractivity contribution in [1.82, 2.24) is 14.5 Å². The Morgan fingerprint density at radius 1 is 0.932 bits per heavy atom. The van der Waals surface area contributed by atoms with E-state index in [0.717, 1.165) is 59.2 Å². The Bertz CT molecular complexity index is 1630. The minimum absolute atomic E-state index is 0.237. The van der Waals surface area contributed by atoms with Gasteiger partial charge in [0.05, 0.1) is 11.7 Å². The van der Waals surface area contributed by atoms with Crippen LogP contribution in [0.15, 0.2) is 72.8 Å². The second-order valence-corrected chi connectivity index (χ2v) is 12.0. The number of carbonyl (C=O) groups excluding carboxylic acids is 2. The number of hydrogen-bond donors (Lipinski definition) is 0. The number of alkyl halides is 3. The number of amides is 1. The summed E-state index contributed by atoms with van der Waals surface area (Å²) >= 11 is 13.0. The van der Waals surface area contributed by atoms with Gasteiger partial charge in [0.2, 0.25) is 0 Å². The normalized spacial score (nSPS) is 14.7. The van der Waals surface area contributed by atoms with E-state index >= 15 is 0 Å². The average Bonchev–Trinajstić information content (AvgIpc) is 3.28. The second-order valence-electron chi connectivity index (χ2n) is 11.2. The van der Waals surface area contributed by atoms with Gasteiger partial charge in [-0.3, -0.25) is 9.69 Å².